The van der Waals surface area contributed by atoms with Gasteiger partial charge in [-0.25, -0.2) is 4.79 Å². The van der Waals surface area contributed by atoms with E-state index in [4.69, 9.17) is 11.6 Å². The first-order valence-electron chi connectivity index (χ1n) is 10.3. The van der Waals surface area contributed by atoms with Gasteiger partial charge in [-0.15, -0.1) is 11.8 Å². The Kier molecular flexibility index (Phi) is 7.40. The summed E-state index contributed by atoms with van der Waals surface area (Å²) in [6.45, 7) is 5.12. The Bertz CT molecular complexity index is 1060. The minimum Gasteiger partial charge on any atom is -0.480 e. The number of hydrogen-bond donors (Lipinski definition) is 3. The molecule has 1 fully saturated rings. The number of benzene rings is 1. The number of aliphatic hydroxyl groups excluding tert-OH is 1. The van der Waals surface area contributed by atoms with Crippen LogP contribution in [0.15, 0.2) is 30.3 Å². The van der Waals surface area contributed by atoms with Crippen LogP contribution in [0, 0.1) is 6.92 Å². The highest BCUT2D eigenvalue weighted by Crippen LogP contribution is 2.39. The molecule has 9 nitrogen and oxygen atoms in total. The highest BCUT2D eigenvalue weighted by Gasteiger charge is 2.50. The van der Waals surface area contributed by atoms with Crippen molar-refractivity contribution < 1.29 is 24.6 Å². The van der Waals surface area contributed by atoms with Crippen molar-refractivity contribution in [2.45, 2.75) is 50.1 Å². The number of amides is 2. The van der Waals surface area contributed by atoms with Gasteiger partial charge in [-0.2, -0.15) is 5.10 Å². The molecule has 2 aromatic rings. The van der Waals surface area contributed by atoms with Crippen molar-refractivity contribution >= 4 is 41.1 Å². The zero-order valence-corrected chi connectivity index (χ0v) is 20.4. The van der Waals surface area contributed by atoms with Gasteiger partial charge in [0.05, 0.1) is 23.2 Å². The van der Waals surface area contributed by atoms with E-state index in [1.165, 1.54) is 16.4 Å². The minimum absolute atomic E-state index is 0.124. The van der Waals surface area contributed by atoms with E-state index in [2.05, 4.69) is 10.4 Å². The fourth-order valence-corrected chi connectivity index (χ4v) is 5.36. The van der Waals surface area contributed by atoms with Crippen LogP contribution in [-0.4, -0.2) is 71.5 Å². The molecule has 1 aromatic heterocycles. The SMILES string of the molecule is Cc1nn(C)c(Cl)c1C(=O)NC(Cc1ccccc1)[C@H](O)C(=O)N1CSC(C)(C)C1C(=O)O. The van der Waals surface area contributed by atoms with Crippen LogP contribution in [0.5, 0.6) is 0 Å². The molecule has 1 saturated heterocycles. The average molecular weight is 495 g/mol. The summed E-state index contributed by atoms with van der Waals surface area (Å²) in [5.41, 5.74) is 1.34. The molecule has 0 bridgehead atoms. The lowest BCUT2D eigenvalue weighted by Gasteiger charge is -2.31. The van der Waals surface area contributed by atoms with E-state index >= 15 is 0 Å². The highest BCUT2D eigenvalue weighted by molar-refractivity contribution is 8.00. The third kappa shape index (κ3) is 5.18. The van der Waals surface area contributed by atoms with Gasteiger partial charge in [0.1, 0.15) is 11.2 Å². The number of hydrogen-bond acceptors (Lipinski definition) is 6. The van der Waals surface area contributed by atoms with E-state index in [9.17, 15) is 24.6 Å². The summed E-state index contributed by atoms with van der Waals surface area (Å²) in [4.78, 5) is 39.3. The van der Waals surface area contributed by atoms with E-state index < -0.39 is 40.7 Å². The summed E-state index contributed by atoms with van der Waals surface area (Å²) >= 11 is 7.54. The van der Waals surface area contributed by atoms with Gasteiger partial charge in [-0.05, 0) is 32.8 Å². The van der Waals surface area contributed by atoms with Crippen molar-refractivity contribution in [3.63, 3.8) is 0 Å². The molecule has 1 aliphatic heterocycles. The summed E-state index contributed by atoms with van der Waals surface area (Å²) < 4.78 is 0.639. The number of aromatic nitrogens is 2. The number of rotatable bonds is 7. The minimum atomic E-state index is -1.67. The number of halogens is 1. The van der Waals surface area contributed by atoms with E-state index in [1.807, 2.05) is 30.3 Å². The van der Waals surface area contributed by atoms with Gasteiger partial charge in [0, 0.05) is 11.8 Å². The van der Waals surface area contributed by atoms with Gasteiger partial charge in [0.25, 0.3) is 11.8 Å². The standard InChI is InChI=1S/C22H27ClN4O5S/c1-12-15(18(23)26(4)25-12)19(29)24-14(10-13-8-6-5-7-9-13)16(28)20(30)27-11-33-22(2,3)17(27)21(31)32/h5-9,14,16-17,28H,10-11H2,1-4H3,(H,24,29)(H,31,32)/t14?,16-,17?/m0/s1. The van der Waals surface area contributed by atoms with Crippen LogP contribution < -0.4 is 5.32 Å². The van der Waals surface area contributed by atoms with E-state index in [1.54, 1.807) is 27.8 Å². The molecule has 2 amide bonds. The molecular formula is C22H27ClN4O5S. The Balaban J connectivity index is 1.89. The monoisotopic (exact) mass is 494 g/mol. The zero-order valence-electron chi connectivity index (χ0n) is 18.8. The number of aliphatic carboxylic acids is 1. The van der Waals surface area contributed by atoms with Crippen molar-refractivity contribution in [1.29, 1.82) is 0 Å². The van der Waals surface area contributed by atoms with Crippen LogP contribution in [0.3, 0.4) is 0 Å². The van der Waals surface area contributed by atoms with Crippen molar-refractivity contribution in [3.8, 4) is 0 Å². The lowest BCUT2D eigenvalue weighted by atomic mass is 9.97. The maximum Gasteiger partial charge on any atom is 0.327 e. The summed E-state index contributed by atoms with van der Waals surface area (Å²) in [5, 5.41) is 27.7. The molecule has 11 heteroatoms. The lowest BCUT2D eigenvalue weighted by Crippen LogP contribution is -2.57. The largest absolute Gasteiger partial charge is 0.480 e. The van der Waals surface area contributed by atoms with Crippen LogP contribution in [0.25, 0.3) is 0 Å². The second-order valence-electron chi connectivity index (χ2n) is 8.52. The normalized spacial score (nSPS) is 19.2. The van der Waals surface area contributed by atoms with Crippen molar-refractivity contribution in [3.05, 3.63) is 52.3 Å². The summed E-state index contributed by atoms with van der Waals surface area (Å²) in [7, 11) is 1.60. The molecule has 33 heavy (non-hydrogen) atoms. The second kappa shape index (κ2) is 9.74. The molecule has 1 aliphatic rings. The smallest absolute Gasteiger partial charge is 0.327 e. The van der Waals surface area contributed by atoms with Crippen LogP contribution in [0.1, 0.15) is 35.5 Å². The summed E-state index contributed by atoms with van der Waals surface area (Å²) in [6, 6.07) is 6.95. The third-order valence-electron chi connectivity index (χ3n) is 5.69. The molecule has 0 aliphatic carbocycles. The Labute approximate surface area is 201 Å². The van der Waals surface area contributed by atoms with Gasteiger partial charge < -0.3 is 20.4 Å². The lowest BCUT2D eigenvalue weighted by molar-refractivity contribution is -0.154. The number of nitrogens with one attached hydrogen (secondary N) is 1. The van der Waals surface area contributed by atoms with Gasteiger partial charge in [-0.3, -0.25) is 14.3 Å². The molecular weight excluding hydrogens is 468 g/mol. The van der Waals surface area contributed by atoms with Crippen molar-refractivity contribution in [2.75, 3.05) is 5.88 Å². The van der Waals surface area contributed by atoms with Crippen molar-refractivity contribution in [1.82, 2.24) is 20.0 Å². The summed E-state index contributed by atoms with van der Waals surface area (Å²) in [6.07, 6.45) is -1.51. The zero-order chi connectivity index (χ0) is 24.5. The van der Waals surface area contributed by atoms with Gasteiger partial charge in [0.2, 0.25) is 0 Å². The molecule has 0 spiro atoms. The maximum absolute atomic E-state index is 13.2. The fraction of sp³-hybridized carbons (Fsp3) is 0.455. The van der Waals surface area contributed by atoms with Gasteiger partial charge in [0.15, 0.2) is 6.10 Å². The number of aliphatic hydroxyl groups is 1. The number of nitrogens with zero attached hydrogens (tertiary/aromatic N) is 3. The summed E-state index contributed by atoms with van der Waals surface area (Å²) in [5.74, 6) is -2.36. The van der Waals surface area contributed by atoms with Crippen LogP contribution in [0.4, 0.5) is 0 Å². The fourth-order valence-electron chi connectivity index (χ4n) is 3.97. The first-order chi connectivity index (χ1) is 15.4. The third-order valence-corrected chi connectivity index (χ3v) is 7.50. The highest BCUT2D eigenvalue weighted by atomic mass is 35.5. The molecule has 178 valence electrons. The Morgan fingerprint density at radius 2 is 1.94 bits per heavy atom. The van der Waals surface area contributed by atoms with E-state index in [0.717, 1.165) is 10.5 Å². The number of aryl methyl sites for hydroxylation is 2. The van der Waals surface area contributed by atoms with Crippen LogP contribution in [0.2, 0.25) is 5.15 Å². The number of carbonyl (C=O) groups excluding carboxylic acids is 2. The molecule has 1 aromatic carbocycles. The number of carboxylic acids is 1. The molecule has 0 radical (unpaired) electrons. The van der Waals surface area contributed by atoms with Gasteiger partial charge >= 0.3 is 5.97 Å². The predicted molar refractivity (Wildman–Crippen MR) is 125 cm³/mol. The number of carbonyl (C=O) groups is 3. The number of carboxylic acid groups (broad SMARTS) is 1. The first-order valence-corrected chi connectivity index (χ1v) is 11.7. The first kappa shape index (κ1) is 25.1. The Morgan fingerprint density at radius 3 is 2.48 bits per heavy atom. The van der Waals surface area contributed by atoms with E-state index in [0.29, 0.717) is 5.69 Å². The quantitative estimate of drug-likeness (QED) is 0.536. The molecule has 3 N–H and O–H groups in total. The van der Waals surface area contributed by atoms with Crippen molar-refractivity contribution in [2.24, 2.45) is 7.05 Å². The second-order valence-corrected chi connectivity index (χ2v) is 10.5. The maximum atomic E-state index is 13.2. The molecule has 3 atom stereocenters. The average Bonchev–Trinajstić information content (AvgIpc) is 3.21. The number of thioether (sulfide) groups is 1. The molecule has 3 rings (SSSR count). The Hall–Kier alpha value is -2.56. The van der Waals surface area contributed by atoms with Gasteiger partial charge in [-0.1, -0.05) is 41.9 Å². The topological polar surface area (TPSA) is 125 Å². The molecule has 0 saturated carbocycles. The predicted octanol–water partition coefficient (Wildman–Crippen LogP) is 1.85. The van der Waals surface area contributed by atoms with E-state index in [-0.39, 0.29) is 23.0 Å². The van der Waals surface area contributed by atoms with Crippen LogP contribution in [-0.2, 0) is 23.1 Å². The Morgan fingerprint density at radius 1 is 1.30 bits per heavy atom. The molecule has 2 heterocycles. The molecule has 2 unspecified atom stereocenters. The van der Waals surface area contributed by atoms with Crippen LogP contribution >= 0.6 is 23.4 Å².